The van der Waals surface area contributed by atoms with Crippen LogP contribution in [0.25, 0.3) is 0 Å². The van der Waals surface area contributed by atoms with Crippen molar-refractivity contribution in [3.05, 3.63) is 0 Å². The lowest BCUT2D eigenvalue weighted by Gasteiger charge is -2.50. The summed E-state index contributed by atoms with van der Waals surface area (Å²) < 4.78 is 0. The Morgan fingerprint density at radius 2 is 1.92 bits per heavy atom. The molecule has 1 aliphatic heterocycles. The van der Waals surface area contributed by atoms with E-state index in [-0.39, 0.29) is 0 Å². The highest BCUT2D eigenvalue weighted by Gasteiger charge is 2.45. The Bertz CT molecular complexity index is 148. The van der Waals surface area contributed by atoms with Gasteiger partial charge in [0.1, 0.15) is 0 Å². The summed E-state index contributed by atoms with van der Waals surface area (Å²) in [5.41, 5.74) is 0.608. The molecular formula is C9H18N2O. The molecule has 1 heterocycles. The van der Waals surface area contributed by atoms with E-state index in [1.165, 1.54) is 38.8 Å². The van der Waals surface area contributed by atoms with Crippen LogP contribution in [-0.4, -0.2) is 31.1 Å². The maximum Gasteiger partial charge on any atom is 0.0798 e. The van der Waals surface area contributed by atoms with E-state index in [4.69, 9.17) is 10.7 Å². The van der Waals surface area contributed by atoms with E-state index in [9.17, 15) is 0 Å². The lowest BCUT2D eigenvalue weighted by molar-refractivity contribution is -0.104. The number of piperidine rings is 1. The zero-order valence-electron chi connectivity index (χ0n) is 7.75. The molecule has 0 amide bonds. The van der Waals surface area contributed by atoms with Crippen molar-refractivity contribution in [3.63, 3.8) is 0 Å². The van der Waals surface area contributed by atoms with E-state index in [2.05, 4.69) is 11.9 Å². The van der Waals surface area contributed by atoms with Gasteiger partial charge in [0.25, 0.3) is 0 Å². The Kier molecular flexibility index (Phi) is 2.10. The molecule has 2 rings (SSSR count). The molecule has 2 aliphatic rings. The minimum atomic E-state index is 0.355. The van der Waals surface area contributed by atoms with Crippen molar-refractivity contribution in [1.29, 1.82) is 0 Å². The Hall–Kier alpha value is -0.120. The van der Waals surface area contributed by atoms with E-state index in [0.717, 1.165) is 0 Å². The Labute approximate surface area is 73.8 Å². The predicted molar refractivity (Wildman–Crippen MR) is 47.5 cm³/mol. The summed E-state index contributed by atoms with van der Waals surface area (Å²) in [6, 6.07) is 0. The molecule has 0 aromatic rings. The maximum atomic E-state index is 5.14. The first-order valence-electron chi connectivity index (χ1n) is 4.78. The molecule has 1 aliphatic carbocycles. The molecule has 3 nitrogen and oxygen atoms in total. The number of rotatable bonds is 1. The summed E-state index contributed by atoms with van der Waals surface area (Å²) in [5.74, 6) is 5.14. The van der Waals surface area contributed by atoms with Crippen LogP contribution in [0.15, 0.2) is 0 Å². The number of nitrogens with two attached hydrogens (primary N) is 1. The fraction of sp³-hybridized carbons (Fsp3) is 1.00. The minimum absolute atomic E-state index is 0.355. The number of nitrogens with zero attached hydrogens (tertiary/aromatic N) is 1. The molecule has 2 fully saturated rings. The zero-order chi connectivity index (χ0) is 8.60. The smallest absolute Gasteiger partial charge is 0.0798 e. The van der Waals surface area contributed by atoms with Gasteiger partial charge in [0.15, 0.2) is 0 Å². The molecule has 1 saturated carbocycles. The minimum Gasteiger partial charge on any atom is -0.306 e. The SMILES string of the molecule is CN1CCC2(CC1)CC(ON)C2. The van der Waals surface area contributed by atoms with Gasteiger partial charge in [0.05, 0.1) is 6.10 Å². The van der Waals surface area contributed by atoms with Crippen LogP contribution in [0.4, 0.5) is 0 Å². The van der Waals surface area contributed by atoms with E-state index in [0.29, 0.717) is 11.5 Å². The van der Waals surface area contributed by atoms with Crippen molar-refractivity contribution >= 4 is 0 Å². The van der Waals surface area contributed by atoms with Gasteiger partial charge in [-0.15, -0.1) is 0 Å². The summed E-state index contributed by atoms with van der Waals surface area (Å²) in [6.07, 6.45) is 5.41. The van der Waals surface area contributed by atoms with Gasteiger partial charge in [0.2, 0.25) is 0 Å². The average molecular weight is 170 g/mol. The third-order valence-corrected chi connectivity index (χ3v) is 3.56. The van der Waals surface area contributed by atoms with E-state index in [1.807, 2.05) is 0 Å². The summed E-state index contributed by atoms with van der Waals surface area (Å²) in [5, 5.41) is 0. The second kappa shape index (κ2) is 2.98. The van der Waals surface area contributed by atoms with E-state index in [1.54, 1.807) is 0 Å². The molecule has 0 unspecified atom stereocenters. The fourth-order valence-electron chi connectivity index (χ4n) is 2.50. The van der Waals surface area contributed by atoms with E-state index < -0.39 is 0 Å². The topological polar surface area (TPSA) is 38.5 Å². The van der Waals surface area contributed by atoms with Crippen LogP contribution in [0.5, 0.6) is 0 Å². The van der Waals surface area contributed by atoms with Gasteiger partial charge in [-0.25, -0.2) is 5.90 Å². The normalized spacial score (nSPS) is 30.5. The predicted octanol–water partition coefficient (Wildman–Crippen LogP) is 0.751. The van der Waals surface area contributed by atoms with Gasteiger partial charge in [0, 0.05) is 0 Å². The van der Waals surface area contributed by atoms with Gasteiger partial charge in [-0.2, -0.15) is 0 Å². The van der Waals surface area contributed by atoms with E-state index >= 15 is 0 Å². The monoisotopic (exact) mass is 170 g/mol. The molecule has 0 radical (unpaired) electrons. The van der Waals surface area contributed by atoms with Crippen LogP contribution in [-0.2, 0) is 4.84 Å². The van der Waals surface area contributed by atoms with Crippen molar-refractivity contribution in [2.75, 3.05) is 20.1 Å². The second-order valence-corrected chi connectivity index (χ2v) is 4.47. The zero-order valence-corrected chi connectivity index (χ0v) is 7.75. The van der Waals surface area contributed by atoms with Crippen LogP contribution in [0.1, 0.15) is 25.7 Å². The highest BCUT2D eigenvalue weighted by molar-refractivity contribution is 4.97. The quantitative estimate of drug-likeness (QED) is 0.590. The van der Waals surface area contributed by atoms with Crippen LogP contribution in [0, 0.1) is 5.41 Å². The van der Waals surface area contributed by atoms with Crippen LogP contribution < -0.4 is 5.90 Å². The Morgan fingerprint density at radius 3 is 2.42 bits per heavy atom. The number of hydrogen-bond acceptors (Lipinski definition) is 3. The van der Waals surface area contributed by atoms with Gasteiger partial charge < -0.3 is 9.74 Å². The first-order valence-corrected chi connectivity index (χ1v) is 4.78. The summed E-state index contributed by atoms with van der Waals surface area (Å²) in [7, 11) is 2.20. The second-order valence-electron chi connectivity index (χ2n) is 4.47. The molecule has 3 heteroatoms. The van der Waals surface area contributed by atoms with Gasteiger partial charge >= 0.3 is 0 Å². The van der Waals surface area contributed by atoms with Gasteiger partial charge in [-0.3, -0.25) is 0 Å². The van der Waals surface area contributed by atoms with Crippen molar-refractivity contribution in [2.24, 2.45) is 11.3 Å². The molecule has 1 saturated heterocycles. The van der Waals surface area contributed by atoms with Gasteiger partial charge in [-0.05, 0) is 51.2 Å². The van der Waals surface area contributed by atoms with Crippen LogP contribution in [0.2, 0.25) is 0 Å². The highest BCUT2D eigenvalue weighted by Crippen LogP contribution is 2.49. The van der Waals surface area contributed by atoms with Crippen molar-refractivity contribution in [3.8, 4) is 0 Å². The molecule has 0 aromatic heterocycles. The highest BCUT2D eigenvalue weighted by atomic mass is 16.6. The molecule has 12 heavy (non-hydrogen) atoms. The van der Waals surface area contributed by atoms with Crippen molar-refractivity contribution < 1.29 is 4.84 Å². The molecule has 1 spiro atoms. The summed E-state index contributed by atoms with van der Waals surface area (Å²) in [6.45, 7) is 2.49. The number of hydrogen-bond donors (Lipinski definition) is 1. The molecule has 0 aromatic carbocycles. The van der Waals surface area contributed by atoms with Gasteiger partial charge in [-0.1, -0.05) is 0 Å². The molecule has 0 bridgehead atoms. The summed E-state index contributed by atoms with van der Waals surface area (Å²) in [4.78, 5) is 7.23. The first-order chi connectivity index (χ1) is 5.74. The molecule has 2 N–H and O–H groups in total. The first kappa shape index (κ1) is 8.48. The summed E-state index contributed by atoms with van der Waals surface area (Å²) >= 11 is 0. The lowest BCUT2D eigenvalue weighted by atomic mass is 9.61. The van der Waals surface area contributed by atoms with Crippen LogP contribution >= 0.6 is 0 Å². The Morgan fingerprint density at radius 1 is 1.33 bits per heavy atom. The average Bonchev–Trinajstić information content (AvgIpc) is 2.02. The number of likely N-dealkylation sites (tertiary alicyclic amines) is 1. The van der Waals surface area contributed by atoms with Crippen molar-refractivity contribution in [1.82, 2.24) is 4.90 Å². The fourth-order valence-corrected chi connectivity index (χ4v) is 2.50. The molecular weight excluding hydrogens is 152 g/mol. The standard InChI is InChI=1S/C9H18N2O/c1-11-4-2-9(3-5-11)6-8(7-9)12-10/h8H,2-7,10H2,1H3. The molecule has 0 atom stereocenters. The largest absolute Gasteiger partial charge is 0.306 e. The molecule has 70 valence electrons. The lowest BCUT2D eigenvalue weighted by Crippen LogP contribution is -2.49. The Balaban J connectivity index is 1.83. The third-order valence-electron chi connectivity index (χ3n) is 3.56. The third kappa shape index (κ3) is 1.37. The van der Waals surface area contributed by atoms with Crippen molar-refractivity contribution in [2.45, 2.75) is 31.8 Å². The van der Waals surface area contributed by atoms with Crippen LogP contribution in [0.3, 0.4) is 0 Å². The maximum absolute atomic E-state index is 5.14.